The minimum Gasteiger partial charge on any atom is -0.383 e. The van der Waals surface area contributed by atoms with Crippen LogP contribution in [0.2, 0.25) is 0 Å². The lowest BCUT2D eigenvalue weighted by Crippen LogP contribution is -2.33. The van der Waals surface area contributed by atoms with Crippen LogP contribution in [0.25, 0.3) is 0 Å². The summed E-state index contributed by atoms with van der Waals surface area (Å²) >= 11 is 0. The van der Waals surface area contributed by atoms with E-state index in [2.05, 4.69) is 50.4 Å². The molecule has 0 spiro atoms. The molecule has 0 fully saturated rings. The van der Waals surface area contributed by atoms with Crippen molar-refractivity contribution < 1.29 is 9.53 Å². The van der Waals surface area contributed by atoms with Crippen molar-refractivity contribution in [2.24, 2.45) is 0 Å². The molecule has 2 N–H and O–H groups in total. The maximum absolute atomic E-state index is 12.2. The summed E-state index contributed by atoms with van der Waals surface area (Å²) in [6.07, 6.45) is 0. The van der Waals surface area contributed by atoms with Crippen molar-refractivity contribution >= 4 is 18.3 Å². The number of aromatic nitrogens is 2. The molecule has 0 aromatic carbocycles. The summed E-state index contributed by atoms with van der Waals surface area (Å²) in [5.41, 5.74) is 1.42. The van der Waals surface area contributed by atoms with Gasteiger partial charge in [-0.25, -0.2) is 0 Å². The third-order valence-electron chi connectivity index (χ3n) is 3.27. The summed E-state index contributed by atoms with van der Waals surface area (Å²) in [5.74, 6) is 0.197. The summed E-state index contributed by atoms with van der Waals surface area (Å²) in [6.45, 7) is 13.2. The first-order valence-corrected chi connectivity index (χ1v) is 7.85. The normalized spacial score (nSPS) is 11.4. The zero-order valence-electron chi connectivity index (χ0n) is 15.1. The molecule has 7 heteroatoms. The Morgan fingerprint density at radius 3 is 2.43 bits per heavy atom. The molecule has 0 saturated heterocycles. The highest BCUT2D eigenvalue weighted by molar-refractivity contribution is 5.92. The monoisotopic (exact) mass is 346 g/mol. The average Bonchev–Trinajstić information content (AvgIpc) is 2.88. The van der Waals surface area contributed by atoms with Gasteiger partial charge < -0.3 is 15.4 Å². The number of amides is 1. The number of carbonyl (C=O) groups is 1. The SMILES string of the molecule is COCCNCCNC(=O)c1cc(C(C)C)n(C(C)(C)C)n1.Cl. The lowest BCUT2D eigenvalue weighted by atomic mass is 10.1. The fraction of sp³-hybridized carbons (Fsp3) is 0.750. The van der Waals surface area contributed by atoms with Crippen LogP contribution in [0, 0.1) is 0 Å². The highest BCUT2D eigenvalue weighted by atomic mass is 35.5. The van der Waals surface area contributed by atoms with Gasteiger partial charge in [-0.15, -0.1) is 12.4 Å². The van der Waals surface area contributed by atoms with Crippen LogP contribution >= 0.6 is 12.4 Å². The van der Waals surface area contributed by atoms with Crippen LogP contribution in [0.15, 0.2) is 6.07 Å². The van der Waals surface area contributed by atoms with Gasteiger partial charge in [-0.1, -0.05) is 13.8 Å². The number of halogens is 1. The Hall–Kier alpha value is -1.11. The van der Waals surface area contributed by atoms with Gasteiger partial charge in [0.25, 0.3) is 5.91 Å². The van der Waals surface area contributed by atoms with Crippen molar-refractivity contribution in [2.45, 2.75) is 46.1 Å². The molecular formula is C16H31ClN4O2. The van der Waals surface area contributed by atoms with Crippen molar-refractivity contribution in [2.75, 3.05) is 33.4 Å². The molecule has 0 aliphatic carbocycles. The second kappa shape index (κ2) is 9.90. The Bertz CT molecular complexity index is 481. The second-order valence-corrected chi connectivity index (χ2v) is 6.69. The van der Waals surface area contributed by atoms with E-state index < -0.39 is 0 Å². The van der Waals surface area contributed by atoms with E-state index >= 15 is 0 Å². The van der Waals surface area contributed by atoms with Crippen LogP contribution in [0.4, 0.5) is 0 Å². The smallest absolute Gasteiger partial charge is 0.271 e. The lowest BCUT2D eigenvalue weighted by Gasteiger charge is -2.23. The van der Waals surface area contributed by atoms with Gasteiger partial charge in [-0.05, 0) is 32.8 Å². The first-order valence-electron chi connectivity index (χ1n) is 7.85. The van der Waals surface area contributed by atoms with Crippen molar-refractivity contribution in [1.29, 1.82) is 0 Å². The van der Waals surface area contributed by atoms with Gasteiger partial charge in [-0.2, -0.15) is 5.10 Å². The first-order chi connectivity index (χ1) is 10.3. The van der Waals surface area contributed by atoms with E-state index in [0.717, 1.165) is 12.2 Å². The Labute approximate surface area is 145 Å². The van der Waals surface area contributed by atoms with Crippen LogP contribution in [0.5, 0.6) is 0 Å². The molecule has 1 amide bonds. The fourth-order valence-corrected chi connectivity index (χ4v) is 2.11. The molecule has 23 heavy (non-hydrogen) atoms. The fourth-order valence-electron chi connectivity index (χ4n) is 2.11. The third-order valence-corrected chi connectivity index (χ3v) is 3.27. The molecule has 6 nitrogen and oxygen atoms in total. The van der Waals surface area contributed by atoms with Crippen LogP contribution in [0.3, 0.4) is 0 Å². The maximum atomic E-state index is 12.2. The predicted molar refractivity (Wildman–Crippen MR) is 95.6 cm³/mol. The minimum atomic E-state index is -0.139. The molecule has 0 bridgehead atoms. The number of hydrogen-bond acceptors (Lipinski definition) is 4. The van der Waals surface area contributed by atoms with E-state index in [1.807, 2.05) is 10.7 Å². The Kier molecular flexibility index (Phi) is 9.42. The molecule has 0 radical (unpaired) electrons. The van der Waals surface area contributed by atoms with Crippen molar-refractivity contribution in [3.05, 3.63) is 17.5 Å². The highest BCUT2D eigenvalue weighted by Crippen LogP contribution is 2.23. The summed E-state index contributed by atoms with van der Waals surface area (Å²) < 4.78 is 6.89. The number of nitrogens with zero attached hydrogens (tertiary/aromatic N) is 2. The largest absolute Gasteiger partial charge is 0.383 e. The lowest BCUT2D eigenvalue weighted by molar-refractivity contribution is 0.0947. The topological polar surface area (TPSA) is 68.2 Å². The van der Waals surface area contributed by atoms with Gasteiger partial charge in [0.1, 0.15) is 5.69 Å². The quantitative estimate of drug-likeness (QED) is 0.708. The summed E-state index contributed by atoms with van der Waals surface area (Å²) in [7, 11) is 1.67. The van der Waals surface area contributed by atoms with E-state index in [4.69, 9.17) is 4.74 Å². The molecule has 0 unspecified atom stereocenters. The molecule has 0 saturated carbocycles. The Morgan fingerprint density at radius 2 is 1.96 bits per heavy atom. The summed E-state index contributed by atoms with van der Waals surface area (Å²) in [4.78, 5) is 12.2. The highest BCUT2D eigenvalue weighted by Gasteiger charge is 2.23. The van der Waals surface area contributed by atoms with Gasteiger partial charge in [0.05, 0.1) is 12.1 Å². The molecule has 1 aromatic heterocycles. The van der Waals surface area contributed by atoms with Crippen LogP contribution < -0.4 is 10.6 Å². The third kappa shape index (κ3) is 6.89. The number of rotatable bonds is 8. The van der Waals surface area contributed by atoms with Gasteiger partial charge in [0.2, 0.25) is 0 Å². The van der Waals surface area contributed by atoms with E-state index in [0.29, 0.717) is 31.3 Å². The van der Waals surface area contributed by atoms with E-state index in [9.17, 15) is 4.79 Å². The minimum absolute atomic E-state index is 0. The number of ether oxygens (including phenoxy) is 1. The van der Waals surface area contributed by atoms with Crippen LogP contribution in [0.1, 0.15) is 56.7 Å². The van der Waals surface area contributed by atoms with E-state index in [-0.39, 0.29) is 23.9 Å². The molecule has 134 valence electrons. The predicted octanol–water partition coefficient (Wildman–Crippen LogP) is 2.15. The number of nitrogens with one attached hydrogen (secondary N) is 2. The van der Waals surface area contributed by atoms with Gasteiger partial charge >= 0.3 is 0 Å². The van der Waals surface area contributed by atoms with Gasteiger partial charge in [0.15, 0.2) is 0 Å². The maximum Gasteiger partial charge on any atom is 0.271 e. The molecular weight excluding hydrogens is 316 g/mol. The van der Waals surface area contributed by atoms with Crippen molar-refractivity contribution in [1.82, 2.24) is 20.4 Å². The molecule has 1 heterocycles. The number of methoxy groups -OCH3 is 1. The average molecular weight is 347 g/mol. The van der Waals surface area contributed by atoms with Gasteiger partial charge in [0, 0.05) is 32.4 Å². The standard InChI is InChI=1S/C16H30N4O2.ClH/c1-12(2)14-11-13(19-20(14)16(3,4)5)15(21)18-8-7-17-9-10-22-6;/h11-12,17H,7-10H2,1-6H3,(H,18,21);1H. The first kappa shape index (κ1) is 21.9. The Balaban J connectivity index is 0.00000484. The van der Waals surface area contributed by atoms with Crippen molar-refractivity contribution in [3.63, 3.8) is 0 Å². The molecule has 0 aliphatic rings. The summed E-state index contributed by atoms with van der Waals surface area (Å²) in [6, 6.07) is 1.89. The van der Waals surface area contributed by atoms with Crippen LogP contribution in [-0.2, 0) is 10.3 Å². The number of hydrogen-bond donors (Lipinski definition) is 2. The number of carbonyl (C=O) groups excluding carboxylic acids is 1. The zero-order valence-corrected chi connectivity index (χ0v) is 15.9. The molecule has 0 aliphatic heterocycles. The second-order valence-electron chi connectivity index (χ2n) is 6.69. The van der Waals surface area contributed by atoms with E-state index in [1.165, 1.54) is 0 Å². The summed E-state index contributed by atoms with van der Waals surface area (Å²) in [5, 5.41) is 10.6. The zero-order chi connectivity index (χ0) is 16.8. The molecule has 1 aromatic rings. The van der Waals surface area contributed by atoms with Crippen LogP contribution in [-0.4, -0.2) is 49.0 Å². The van der Waals surface area contributed by atoms with Gasteiger partial charge in [-0.3, -0.25) is 9.48 Å². The van der Waals surface area contributed by atoms with E-state index in [1.54, 1.807) is 7.11 Å². The molecule has 1 rings (SSSR count). The molecule has 0 atom stereocenters. The van der Waals surface area contributed by atoms with Crippen molar-refractivity contribution in [3.8, 4) is 0 Å². The Morgan fingerprint density at radius 1 is 1.30 bits per heavy atom.